The van der Waals surface area contributed by atoms with Crippen LogP contribution in [0.15, 0.2) is 12.2 Å². The molecule has 0 spiro atoms. The van der Waals surface area contributed by atoms with Gasteiger partial charge in [-0.3, -0.25) is 0 Å². The molecular weight excluding hydrogens is 184 g/mol. The van der Waals surface area contributed by atoms with Gasteiger partial charge in [0.25, 0.3) is 0 Å². The van der Waals surface area contributed by atoms with Gasteiger partial charge in [-0.05, 0) is 13.3 Å². The minimum absolute atomic E-state index is 0.0716. The number of hydrogen-bond acceptors (Lipinski definition) is 4. The maximum atomic E-state index is 11.1. The fourth-order valence-electron chi connectivity index (χ4n) is 0.751. The van der Waals surface area contributed by atoms with Crippen molar-refractivity contribution in [3.05, 3.63) is 12.2 Å². The van der Waals surface area contributed by atoms with Crippen molar-refractivity contribution in [1.29, 1.82) is 0 Å². The molecule has 0 aromatic heterocycles. The molecule has 0 aliphatic carbocycles. The van der Waals surface area contributed by atoms with Crippen LogP contribution in [0, 0.1) is 0 Å². The minimum atomic E-state index is -0.663. The summed E-state index contributed by atoms with van der Waals surface area (Å²) in [6.07, 6.45) is 0.468. The molecule has 0 aromatic carbocycles. The quantitative estimate of drug-likeness (QED) is 0.383. The van der Waals surface area contributed by atoms with Gasteiger partial charge in [0, 0.05) is 18.6 Å². The second-order valence-corrected chi connectivity index (χ2v) is 3.00. The van der Waals surface area contributed by atoms with Crippen LogP contribution < -0.4 is 0 Å². The predicted molar refractivity (Wildman–Crippen MR) is 52.6 cm³/mol. The van der Waals surface area contributed by atoms with Gasteiger partial charge >= 0.3 is 5.97 Å². The van der Waals surface area contributed by atoms with Crippen LogP contribution in [0.3, 0.4) is 0 Å². The summed E-state index contributed by atoms with van der Waals surface area (Å²) in [7, 11) is 0. The zero-order valence-corrected chi connectivity index (χ0v) is 8.78. The van der Waals surface area contributed by atoms with Crippen molar-refractivity contribution in [3.8, 4) is 0 Å². The highest BCUT2D eigenvalue weighted by atomic mass is 16.7. The zero-order chi connectivity index (χ0) is 11.0. The number of aliphatic hydroxyl groups is 1. The highest BCUT2D eigenvalue weighted by Gasteiger charge is 2.14. The highest BCUT2D eigenvalue weighted by Crippen LogP contribution is 2.04. The Morgan fingerprint density at radius 3 is 2.64 bits per heavy atom. The predicted octanol–water partition coefficient (Wildman–Crippen LogP) is 1.24. The number of ether oxygens (including phenoxy) is 2. The van der Waals surface area contributed by atoms with Crippen LogP contribution in [0.25, 0.3) is 0 Å². The lowest BCUT2D eigenvalue weighted by atomic mass is 10.3. The molecule has 0 radical (unpaired) electrons. The van der Waals surface area contributed by atoms with Gasteiger partial charge in [0.1, 0.15) is 0 Å². The first-order valence-electron chi connectivity index (χ1n) is 4.70. The van der Waals surface area contributed by atoms with Crippen molar-refractivity contribution in [3.63, 3.8) is 0 Å². The molecule has 0 aliphatic heterocycles. The Balaban J connectivity index is 3.94. The van der Waals surface area contributed by atoms with Crippen LogP contribution in [-0.4, -0.2) is 30.6 Å². The first-order valence-corrected chi connectivity index (χ1v) is 4.70. The summed E-state index contributed by atoms with van der Waals surface area (Å²) in [6, 6.07) is 0. The summed E-state index contributed by atoms with van der Waals surface area (Å²) in [5.41, 5.74) is 0.327. The molecular formula is C10H18O4. The molecule has 0 saturated carbocycles. The maximum absolute atomic E-state index is 11.1. The Morgan fingerprint density at radius 2 is 2.21 bits per heavy atom. The van der Waals surface area contributed by atoms with E-state index in [1.54, 1.807) is 6.92 Å². The summed E-state index contributed by atoms with van der Waals surface area (Å²) >= 11 is 0. The summed E-state index contributed by atoms with van der Waals surface area (Å²) < 4.78 is 10.1. The van der Waals surface area contributed by atoms with Crippen LogP contribution >= 0.6 is 0 Å². The molecule has 0 rings (SSSR count). The average molecular weight is 202 g/mol. The zero-order valence-electron chi connectivity index (χ0n) is 8.78. The molecule has 1 atom stereocenters. The molecule has 4 nitrogen and oxygen atoms in total. The van der Waals surface area contributed by atoms with Gasteiger partial charge in [-0.2, -0.15) is 0 Å². The molecule has 1 unspecified atom stereocenters. The first-order chi connectivity index (χ1) is 6.61. The molecule has 0 fully saturated rings. The minimum Gasteiger partial charge on any atom is -0.432 e. The number of rotatable bonds is 7. The van der Waals surface area contributed by atoms with Crippen molar-refractivity contribution in [1.82, 2.24) is 0 Å². The highest BCUT2D eigenvalue weighted by molar-refractivity contribution is 5.86. The van der Waals surface area contributed by atoms with Gasteiger partial charge in [0.05, 0.1) is 6.61 Å². The third-order valence-electron chi connectivity index (χ3n) is 1.46. The Bertz CT molecular complexity index is 189. The van der Waals surface area contributed by atoms with Gasteiger partial charge in [0.2, 0.25) is 6.29 Å². The lowest BCUT2D eigenvalue weighted by Gasteiger charge is -2.16. The summed E-state index contributed by atoms with van der Waals surface area (Å²) in [5.74, 6) is -0.487. The molecule has 1 N–H and O–H groups in total. The van der Waals surface area contributed by atoms with Crippen molar-refractivity contribution in [2.45, 2.75) is 33.0 Å². The summed E-state index contributed by atoms with van der Waals surface area (Å²) in [4.78, 5) is 11.1. The Hall–Kier alpha value is -0.870. The molecule has 82 valence electrons. The number of esters is 1. The van der Waals surface area contributed by atoms with Gasteiger partial charge in [-0.15, -0.1) is 0 Å². The van der Waals surface area contributed by atoms with Crippen LogP contribution in [0.1, 0.15) is 26.7 Å². The van der Waals surface area contributed by atoms with Crippen LogP contribution in [-0.2, 0) is 14.3 Å². The molecule has 4 heteroatoms. The second kappa shape index (κ2) is 7.53. The third kappa shape index (κ3) is 5.72. The lowest BCUT2D eigenvalue weighted by molar-refractivity contribution is -0.177. The van der Waals surface area contributed by atoms with E-state index in [4.69, 9.17) is 14.6 Å². The van der Waals surface area contributed by atoms with E-state index in [0.717, 1.165) is 6.42 Å². The largest absolute Gasteiger partial charge is 0.432 e. The van der Waals surface area contributed by atoms with E-state index >= 15 is 0 Å². The average Bonchev–Trinajstić information content (AvgIpc) is 2.14. The normalized spacial score (nSPS) is 12.2. The maximum Gasteiger partial charge on any atom is 0.335 e. The van der Waals surface area contributed by atoms with E-state index in [-0.39, 0.29) is 6.61 Å². The Kier molecular flexibility index (Phi) is 7.06. The topological polar surface area (TPSA) is 55.8 Å². The number of carbonyl (C=O) groups is 1. The number of carbonyl (C=O) groups excluding carboxylic acids is 1. The second-order valence-electron chi connectivity index (χ2n) is 3.00. The summed E-state index contributed by atoms with van der Waals surface area (Å²) in [6.45, 7) is 7.41. The lowest BCUT2D eigenvalue weighted by Crippen LogP contribution is -2.23. The number of aliphatic hydroxyl groups excluding tert-OH is 1. The van der Waals surface area contributed by atoms with Gasteiger partial charge in [-0.1, -0.05) is 13.5 Å². The molecule has 0 saturated heterocycles. The third-order valence-corrected chi connectivity index (χ3v) is 1.46. The monoisotopic (exact) mass is 202 g/mol. The summed E-state index contributed by atoms with van der Waals surface area (Å²) in [5, 5.41) is 8.69. The van der Waals surface area contributed by atoms with E-state index in [2.05, 4.69) is 6.58 Å². The first kappa shape index (κ1) is 13.1. The molecule has 0 bridgehead atoms. The Labute approximate surface area is 84.5 Å². The van der Waals surface area contributed by atoms with Gasteiger partial charge < -0.3 is 14.6 Å². The van der Waals surface area contributed by atoms with Crippen molar-refractivity contribution in [2.75, 3.05) is 13.2 Å². The standard InChI is InChI=1S/C10H18O4/c1-4-7-13-9(5-6-11)14-10(12)8(2)3/h9,11H,2,4-7H2,1,3H3. The van der Waals surface area contributed by atoms with E-state index in [9.17, 15) is 4.79 Å². The van der Waals surface area contributed by atoms with Gasteiger partial charge in [0.15, 0.2) is 0 Å². The fraction of sp³-hybridized carbons (Fsp3) is 0.700. The molecule has 0 aliphatic rings. The number of hydrogen-bond donors (Lipinski definition) is 1. The van der Waals surface area contributed by atoms with E-state index in [0.29, 0.717) is 18.6 Å². The van der Waals surface area contributed by atoms with Crippen molar-refractivity contribution >= 4 is 5.97 Å². The van der Waals surface area contributed by atoms with E-state index in [1.165, 1.54) is 0 Å². The van der Waals surface area contributed by atoms with Crippen LogP contribution in [0.2, 0.25) is 0 Å². The molecule has 0 amide bonds. The van der Waals surface area contributed by atoms with Crippen LogP contribution in [0.5, 0.6) is 0 Å². The SMILES string of the molecule is C=C(C)C(=O)OC(CCO)OCCC. The van der Waals surface area contributed by atoms with E-state index in [1.807, 2.05) is 6.92 Å². The smallest absolute Gasteiger partial charge is 0.335 e. The fourth-order valence-corrected chi connectivity index (χ4v) is 0.751. The molecule has 14 heavy (non-hydrogen) atoms. The van der Waals surface area contributed by atoms with Crippen molar-refractivity contribution in [2.24, 2.45) is 0 Å². The molecule has 0 heterocycles. The van der Waals surface area contributed by atoms with Crippen molar-refractivity contribution < 1.29 is 19.4 Å². The Morgan fingerprint density at radius 1 is 1.57 bits per heavy atom. The van der Waals surface area contributed by atoms with Gasteiger partial charge in [-0.25, -0.2) is 4.79 Å². The van der Waals surface area contributed by atoms with E-state index < -0.39 is 12.3 Å². The van der Waals surface area contributed by atoms with Crippen LogP contribution in [0.4, 0.5) is 0 Å². The molecule has 0 aromatic rings.